The van der Waals surface area contributed by atoms with E-state index < -0.39 is 5.79 Å². The minimum Gasteiger partial charge on any atom is -0.379 e. The van der Waals surface area contributed by atoms with E-state index in [-0.39, 0.29) is 16.7 Å². The van der Waals surface area contributed by atoms with Gasteiger partial charge in [0.1, 0.15) is 0 Å². The van der Waals surface area contributed by atoms with Gasteiger partial charge in [-0.3, -0.25) is 10.1 Å². The largest absolute Gasteiger partial charge is 0.379 e. The molecule has 2 fully saturated rings. The van der Waals surface area contributed by atoms with Gasteiger partial charge >= 0.3 is 0 Å². The lowest BCUT2D eigenvalue weighted by Crippen LogP contribution is -2.43. The topological polar surface area (TPSA) is 73.6 Å². The van der Waals surface area contributed by atoms with Crippen molar-refractivity contribution in [1.29, 1.82) is 0 Å². The molecular formula is C11H14N2O4. The molecule has 92 valence electrons. The minimum atomic E-state index is -0.525. The second-order valence-electron chi connectivity index (χ2n) is 4.59. The molecule has 0 aromatic heterocycles. The zero-order valence-electron chi connectivity index (χ0n) is 9.35. The van der Waals surface area contributed by atoms with Gasteiger partial charge in [0, 0.05) is 25.0 Å². The van der Waals surface area contributed by atoms with Gasteiger partial charge in [0.05, 0.1) is 24.3 Å². The van der Waals surface area contributed by atoms with Crippen molar-refractivity contribution in [2.24, 2.45) is 0 Å². The van der Waals surface area contributed by atoms with Crippen molar-refractivity contribution in [3.05, 3.63) is 33.7 Å². The maximum absolute atomic E-state index is 10.7. The summed E-state index contributed by atoms with van der Waals surface area (Å²) in [5.74, 6) is -0.525. The number of hydrogen-bond acceptors (Lipinski definition) is 5. The number of nitrogens with zero attached hydrogens (tertiary/aromatic N) is 1. The molecule has 1 unspecified atom stereocenters. The van der Waals surface area contributed by atoms with E-state index in [9.17, 15) is 10.1 Å². The first-order valence-electron chi connectivity index (χ1n) is 5.78. The Balaban J connectivity index is 1.83. The molecule has 2 aliphatic heterocycles. The molecular weight excluding hydrogens is 224 g/mol. The number of fused-ring (bicyclic) bond motifs is 1. The van der Waals surface area contributed by atoms with E-state index >= 15 is 0 Å². The Morgan fingerprint density at radius 1 is 1.47 bits per heavy atom. The molecule has 1 spiro atoms. The number of nitrogens with one attached hydrogen (secondary N) is 1. The van der Waals surface area contributed by atoms with E-state index in [1.807, 2.05) is 0 Å². The van der Waals surface area contributed by atoms with Crippen LogP contribution >= 0.6 is 0 Å². The summed E-state index contributed by atoms with van der Waals surface area (Å²) in [6, 6.07) is 0.192. The first kappa shape index (κ1) is 10.7. The van der Waals surface area contributed by atoms with Crippen LogP contribution in [0.3, 0.4) is 0 Å². The highest BCUT2D eigenvalue weighted by Gasteiger charge is 2.43. The molecule has 1 aliphatic carbocycles. The Hall–Kier alpha value is -1.40. The fraction of sp³-hybridized carbons (Fsp3) is 0.636. The molecule has 0 amide bonds. The third-order valence-corrected chi connectivity index (χ3v) is 3.53. The number of hydrogen-bond donors (Lipinski definition) is 1. The van der Waals surface area contributed by atoms with E-state index in [2.05, 4.69) is 5.32 Å². The summed E-state index contributed by atoms with van der Waals surface area (Å²) < 4.78 is 11.3. The molecule has 0 aromatic rings. The van der Waals surface area contributed by atoms with E-state index in [0.717, 1.165) is 18.4 Å². The van der Waals surface area contributed by atoms with Crippen molar-refractivity contribution in [2.45, 2.75) is 31.1 Å². The number of rotatable bonds is 1. The van der Waals surface area contributed by atoms with Crippen LogP contribution in [0.5, 0.6) is 0 Å². The summed E-state index contributed by atoms with van der Waals surface area (Å²) in [7, 11) is 0. The van der Waals surface area contributed by atoms with Crippen LogP contribution in [0.2, 0.25) is 0 Å². The van der Waals surface area contributed by atoms with Gasteiger partial charge in [-0.2, -0.15) is 0 Å². The first-order valence-corrected chi connectivity index (χ1v) is 5.78. The molecule has 3 rings (SSSR count). The summed E-state index contributed by atoms with van der Waals surface area (Å²) in [5, 5.41) is 13.8. The van der Waals surface area contributed by atoms with Gasteiger partial charge in [-0.25, -0.2) is 0 Å². The highest BCUT2D eigenvalue weighted by molar-refractivity contribution is 5.29. The summed E-state index contributed by atoms with van der Waals surface area (Å²) in [6.45, 7) is 1.23. The SMILES string of the molecule is O=[N+]([O-])C1=CNC2CCC3(CC2=C1)OCCO3. The van der Waals surface area contributed by atoms with Crippen LogP contribution in [0, 0.1) is 10.1 Å². The lowest BCUT2D eigenvalue weighted by Gasteiger charge is -2.38. The molecule has 1 saturated carbocycles. The molecule has 1 saturated heterocycles. The molecule has 0 aromatic carbocycles. The molecule has 0 radical (unpaired) electrons. The lowest BCUT2D eigenvalue weighted by molar-refractivity contribution is -0.419. The molecule has 6 nitrogen and oxygen atoms in total. The van der Waals surface area contributed by atoms with E-state index in [4.69, 9.17) is 9.47 Å². The number of allylic oxidation sites excluding steroid dienone is 1. The van der Waals surface area contributed by atoms with Crippen molar-refractivity contribution in [3.8, 4) is 0 Å². The molecule has 0 bridgehead atoms. The van der Waals surface area contributed by atoms with Crippen molar-refractivity contribution in [1.82, 2.24) is 5.32 Å². The third-order valence-electron chi connectivity index (χ3n) is 3.53. The van der Waals surface area contributed by atoms with Crippen LogP contribution < -0.4 is 5.32 Å². The molecule has 1 N–H and O–H groups in total. The standard InChI is InChI=1S/C11H14N2O4/c14-13(15)9-5-8-6-11(16-3-4-17-11)2-1-10(8)12-7-9/h5,7,10,12H,1-4,6H2. The molecule has 17 heavy (non-hydrogen) atoms. The normalized spacial score (nSPS) is 30.2. The Morgan fingerprint density at radius 2 is 2.24 bits per heavy atom. The van der Waals surface area contributed by atoms with Crippen molar-refractivity contribution in [2.75, 3.05) is 13.2 Å². The maximum atomic E-state index is 10.7. The molecule has 6 heteroatoms. The fourth-order valence-corrected chi connectivity index (χ4v) is 2.68. The fourth-order valence-electron chi connectivity index (χ4n) is 2.68. The van der Waals surface area contributed by atoms with Crippen LogP contribution in [0.25, 0.3) is 0 Å². The quantitative estimate of drug-likeness (QED) is 0.543. The minimum absolute atomic E-state index is 0.103. The Labute approximate surface area is 98.4 Å². The number of nitro groups is 1. The Bertz CT molecular complexity index is 410. The average molecular weight is 238 g/mol. The summed E-state index contributed by atoms with van der Waals surface area (Å²) in [6.07, 6.45) is 5.46. The van der Waals surface area contributed by atoms with Gasteiger partial charge in [-0.05, 0) is 12.0 Å². The molecule has 1 atom stereocenters. The van der Waals surface area contributed by atoms with Crippen LogP contribution in [0.4, 0.5) is 0 Å². The highest BCUT2D eigenvalue weighted by atomic mass is 16.7. The number of dihydropyridines is 1. The highest BCUT2D eigenvalue weighted by Crippen LogP contribution is 2.39. The zero-order valence-corrected chi connectivity index (χ0v) is 9.35. The smallest absolute Gasteiger partial charge is 0.284 e. The Morgan fingerprint density at radius 3 is 2.94 bits per heavy atom. The summed E-state index contributed by atoms with van der Waals surface area (Å²) in [5.41, 5.74) is 1.11. The van der Waals surface area contributed by atoms with Gasteiger partial charge < -0.3 is 14.8 Å². The van der Waals surface area contributed by atoms with Gasteiger partial charge in [0.2, 0.25) is 0 Å². The summed E-state index contributed by atoms with van der Waals surface area (Å²) in [4.78, 5) is 10.4. The van der Waals surface area contributed by atoms with Crippen LogP contribution in [0.15, 0.2) is 23.5 Å². The molecule has 2 heterocycles. The van der Waals surface area contributed by atoms with Crippen LogP contribution in [-0.4, -0.2) is 30.0 Å². The second kappa shape index (κ2) is 3.82. The predicted octanol–water partition coefficient (Wildman–Crippen LogP) is 0.930. The predicted molar refractivity (Wildman–Crippen MR) is 58.6 cm³/mol. The average Bonchev–Trinajstić information content (AvgIpc) is 2.76. The van der Waals surface area contributed by atoms with Crippen LogP contribution in [-0.2, 0) is 9.47 Å². The zero-order chi connectivity index (χ0) is 11.9. The monoisotopic (exact) mass is 238 g/mol. The first-order chi connectivity index (χ1) is 8.19. The van der Waals surface area contributed by atoms with Crippen molar-refractivity contribution < 1.29 is 14.4 Å². The lowest BCUT2D eigenvalue weighted by atomic mass is 9.84. The van der Waals surface area contributed by atoms with E-state index in [1.165, 1.54) is 6.20 Å². The third kappa shape index (κ3) is 1.83. The Kier molecular flexibility index (Phi) is 2.41. The summed E-state index contributed by atoms with van der Waals surface area (Å²) >= 11 is 0. The number of ether oxygens (including phenoxy) is 2. The molecule has 3 aliphatic rings. The van der Waals surface area contributed by atoms with Gasteiger partial charge in [0.25, 0.3) is 5.70 Å². The van der Waals surface area contributed by atoms with Gasteiger partial charge in [0.15, 0.2) is 5.79 Å². The second-order valence-corrected chi connectivity index (χ2v) is 4.59. The van der Waals surface area contributed by atoms with Crippen LogP contribution in [0.1, 0.15) is 19.3 Å². The van der Waals surface area contributed by atoms with Crippen molar-refractivity contribution >= 4 is 0 Å². The van der Waals surface area contributed by atoms with Crippen molar-refractivity contribution in [3.63, 3.8) is 0 Å². The van der Waals surface area contributed by atoms with E-state index in [1.54, 1.807) is 6.08 Å². The van der Waals surface area contributed by atoms with Gasteiger partial charge in [-0.15, -0.1) is 0 Å². The van der Waals surface area contributed by atoms with E-state index in [0.29, 0.717) is 19.6 Å². The maximum Gasteiger partial charge on any atom is 0.284 e. The van der Waals surface area contributed by atoms with Gasteiger partial charge in [-0.1, -0.05) is 0 Å².